The van der Waals surface area contributed by atoms with E-state index in [4.69, 9.17) is 5.73 Å². The van der Waals surface area contributed by atoms with Crippen LogP contribution in [-0.4, -0.2) is 16.8 Å². The van der Waals surface area contributed by atoms with Crippen LogP contribution in [0.3, 0.4) is 0 Å². The van der Waals surface area contributed by atoms with Crippen LogP contribution in [0.15, 0.2) is 36.4 Å². The first-order valence-corrected chi connectivity index (χ1v) is 7.51. The van der Waals surface area contributed by atoms with Crippen LogP contribution >= 0.6 is 23.7 Å². The normalized spacial score (nSPS) is 10.3. The SMILES string of the molecule is Cc1ccc(CN(C(=O)c2cccc(N)c2)C(C)C)s1.Cl. The maximum atomic E-state index is 12.6. The number of anilines is 1. The molecule has 0 spiro atoms. The van der Waals surface area contributed by atoms with E-state index in [1.54, 1.807) is 23.5 Å². The highest BCUT2D eigenvalue weighted by Crippen LogP contribution is 2.20. The first-order valence-electron chi connectivity index (χ1n) is 6.69. The van der Waals surface area contributed by atoms with Crippen LogP contribution in [-0.2, 0) is 6.54 Å². The van der Waals surface area contributed by atoms with Crippen molar-refractivity contribution in [2.24, 2.45) is 0 Å². The van der Waals surface area contributed by atoms with Gasteiger partial charge in [-0.1, -0.05) is 6.07 Å². The fraction of sp³-hybridized carbons (Fsp3) is 0.312. The van der Waals surface area contributed by atoms with E-state index < -0.39 is 0 Å². The molecule has 21 heavy (non-hydrogen) atoms. The van der Waals surface area contributed by atoms with Gasteiger partial charge in [-0.25, -0.2) is 0 Å². The maximum Gasteiger partial charge on any atom is 0.254 e. The molecule has 0 fully saturated rings. The molecule has 0 aliphatic rings. The van der Waals surface area contributed by atoms with E-state index in [-0.39, 0.29) is 24.4 Å². The number of aryl methyl sites for hydroxylation is 1. The second kappa shape index (κ2) is 7.48. The Balaban J connectivity index is 0.00000220. The second-order valence-corrected chi connectivity index (χ2v) is 6.54. The van der Waals surface area contributed by atoms with Gasteiger partial charge in [0.15, 0.2) is 0 Å². The van der Waals surface area contributed by atoms with Crippen LogP contribution in [0.2, 0.25) is 0 Å². The highest BCUT2D eigenvalue weighted by molar-refractivity contribution is 7.11. The molecular formula is C16H21ClN2OS. The predicted molar refractivity (Wildman–Crippen MR) is 92.2 cm³/mol. The number of hydrogen-bond donors (Lipinski definition) is 1. The van der Waals surface area contributed by atoms with Crippen LogP contribution in [0.1, 0.15) is 34.0 Å². The third-order valence-corrected chi connectivity index (χ3v) is 4.13. The Labute approximate surface area is 136 Å². The van der Waals surface area contributed by atoms with E-state index in [0.29, 0.717) is 17.8 Å². The number of amides is 1. The van der Waals surface area contributed by atoms with Crippen molar-refractivity contribution in [2.75, 3.05) is 5.73 Å². The van der Waals surface area contributed by atoms with Crippen molar-refractivity contribution in [3.8, 4) is 0 Å². The van der Waals surface area contributed by atoms with Crippen LogP contribution in [0.5, 0.6) is 0 Å². The summed E-state index contributed by atoms with van der Waals surface area (Å²) in [4.78, 5) is 17.0. The van der Waals surface area contributed by atoms with E-state index in [2.05, 4.69) is 19.1 Å². The molecule has 0 bridgehead atoms. The molecule has 0 aliphatic heterocycles. The number of nitrogens with two attached hydrogens (primary N) is 1. The summed E-state index contributed by atoms with van der Waals surface area (Å²) in [6, 6.07) is 11.5. The Morgan fingerprint density at radius 2 is 2.00 bits per heavy atom. The molecule has 0 radical (unpaired) electrons. The lowest BCUT2D eigenvalue weighted by Crippen LogP contribution is -2.36. The van der Waals surface area contributed by atoms with Gasteiger partial charge in [0.25, 0.3) is 5.91 Å². The maximum absolute atomic E-state index is 12.6. The molecular weight excluding hydrogens is 304 g/mol. The van der Waals surface area contributed by atoms with Gasteiger partial charge in [-0.05, 0) is 51.1 Å². The number of hydrogen-bond acceptors (Lipinski definition) is 3. The molecule has 2 aromatic rings. The Hall–Kier alpha value is -1.52. The number of benzene rings is 1. The number of nitrogens with zero attached hydrogens (tertiary/aromatic N) is 1. The standard InChI is InChI=1S/C16H20N2OS.ClH/c1-11(2)18(10-15-8-7-12(3)20-15)16(19)13-5-4-6-14(17)9-13;/h4-9,11H,10,17H2,1-3H3;1H. The van der Waals surface area contributed by atoms with Gasteiger partial charge < -0.3 is 10.6 Å². The van der Waals surface area contributed by atoms with Crippen LogP contribution in [0.25, 0.3) is 0 Å². The van der Waals surface area contributed by atoms with Crippen LogP contribution in [0, 0.1) is 6.92 Å². The first-order chi connectivity index (χ1) is 9.47. The summed E-state index contributed by atoms with van der Waals surface area (Å²) in [7, 11) is 0. The summed E-state index contributed by atoms with van der Waals surface area (Å²) in [5.41, 5.74) is 7.02. The van der Waals surface area contributed by atoms with Gasteiger partial charge in [-0.3, -0.25) is 4.79 Å². The number of thiophene rings is 1. The van der Waals surface area contributed by atoms with Crippen molar-refractivity contribution in [2.45, 2.75) is 33.4 Å². The van der Waals surface area contributed by atoms with Crippen molar-refractivity contribution in [1.82, 2.24) is 4.90 Å². The van der Waals surface area contributed by atoms with Crippen molar-refractivity contribution in [3.05, 3.63) is 51.7 Å². The zero-order valence-corrected chi connectivity index (χ0v) is 14.1. The molecule has 1 heterocycles. The third-order valence-electron chi connectivity index (χ3n) is 3.14. The Morgan fingerprint density at radius 1 is 1.29 bits per heavy atom. The molecule has 2 N–H and O–H groups in total. The molecule has 0 saturated carbocycles. The van der Waals surface area contributed by atoms with Gasteiger partial charge >= 0.3 is 0 Å². The largest absolute Gasteiger partial charge is 0.399 e. The number of halogens is 1. The summed E-state index contributed by atoms with van der Waals surface area (Å²) in [6.07, 6.45) is 0. The van der Waals surface area contributed by atoms with Gasteiger partial charge in [0.1, 0.15) is 0 Å². The predicted octanol–water partition coefficient (Wildman–Crippen LogP) is 4.11. The lowest BCUT2D eigenvalue weighted by molar-refractivity contribution is 0.0692. The Morgan fingerprint density at radius 3 is 2.52 bits per heavy atom. The highest BCUT2D eigenvalue weighted by Gasteiger charge is 2.19. The van der Waals surface area contributed by atoms with Gasteiger partial charge in [0, 0.05) is 27.0 Å². The van der Waals surface area contributed by atoms with E-state index in [0.717, 1.165) is 0 Å². The number of carbonyl (C=O) groups excluding carboxylic acids is 1. The topological polar surface area (TPSA) is 46.3 Å². The monoisotopic (exact) mass is 324 g/mol. The van der Waals surface area contributed by atoms with Crippen molar-refractivity contribution in [3.63, 3.8) is 0 Å². The molecule has 0 aliphatic carbocycles. The first kappa shape index (κ1) is 17.5. The third kappa shape index (κ3) is 4.48. The summed E-state index contributed by atoms with van der Waals surface area (Å²) in [5.74, 6) is 0.0263. The minimum absolute atomic E-state index is 0. The van der Waals surface area contributed by atoms with E-state index in [1.807, 2.05) is 30.9 Å². The number of nitrogen functional groups attached to an aromatic ring is 1. The van der Waals surface area contributed by atoms with E-state index in [9.17, 15) is 4.79 Å². The molecule has 114 valence electrons. The second-order valence-electron chi connectivity index (χ2n) is 5.16. The fourth-order valence-electron chi connectivity index (χ4n) is 2.06. The molecule has 1 aromatic heterocycles. The summed E-state index contributed by atoms with van der Waals surface area (Å²) in [5, 5.41) is 0. The quantitative estimate of drug-likeness (QED) is 0.860. The molecule has 0 unspecified atom stereocenters. The average molecular weight is 325 g/mol. The fourth-order valence-corrected chi connectivity index (χ4v) is 2.95. The van der Waals surface area contributed by atoms with Gasteiger partial charge in [0.2, 0.25) is 0 Å². The molecule has 0 saturated heterocycles. The molecule has 1 amide bonds. The van der Waals surface area contributed by atoms with Crippen molar-refractivity contribution >= 4 is 35.3 Å². The van der Waals surface area contributed by atoms with Gasteiger partial charge in [-0.2, -0.15) is 0 Å². The van der Waals surface area contributed by atoms with Gasteiger partial charge in [-0.15, -0.1) is 23.7 Å². The van der Waals surface area contributed by atoms with Crippen molar-refractivity contribution in [1.29, 1.82) is 0 Å². The summed E-state index contributed by atoms with van der Waals surface area (Å²) in [6.45, 7) is 6.78. The minimum Gasteiger partial charge on any atom is -0.399 e. The minimum atomic E-state index is 0. The Bertz CT molecular complexity index is 610. The smallest absolute Gasteiger partial charge is 0.254 e. The van der Waals surface area contributed by atoms with Gasteiger partial charge in [0.05, 0.1) is 6.54 Å². The van der Waals surface area contributed by atoms with Crippen molar-refractivity contribution < 1.29 is 4.79 Å². The highest BCUT2D eigenvalue weighted by atomic mass is 35.5. The molecule has 2 rings (SSSR count). The zero-order chi connectivity index (χ0) is 14.7. The van der Waals surface area contributed by atoms with Crippen LogP contribution < -0.4 is 5.73 Å². The summed E-state index contributed by atoms with van der Waals surface area (Å²) >= 11 is 1.73. The van der Waals surface area contributed by atoms with E-state index in [1.165, 1.54) is 9.75 Å². The number of carbonyl (C=O) groups is 1. The molecule has 5 heteroatoms. The summed E-state index contributed by atoms with van der Waals surface area (Å²) < 4.78 is 0. The molecule has 1 aromatic carbocycles. The van der Waals surface area contributed by atoms with E-state index >= 15 is 0 Å². The Kier molecular flexibility index (Phi) is 6.24. The lowest BCUT2D eigenvalue weighted by Gasteiger charge is -2.26. The number of rotatable bonds is 4. The lowest BCUT2D eigenvalue weighted by atomic mass is 10.1. The zero-order valence-electron chi connectivity index (χ0n) is 12.5. The van der Waals surface area contributed by atoms with Crippen LogP contribution in [0.4, 0.5) is 5.69 Å². The average Bonchev–Trinajstić information content (AvgIpc) is 2.80. The molecule has 0 atom stereocenters. The molecule has 3 nitrogen and oxygen atoms in total.